The zero-order valence-electron chi connectivity index (χ0n) is 8.72. The third kappa shape index (κ3) is 4.02. The van der Waals surface area contributed by atoms with Crippen molar-refractivity contribution in [1.29, 1.82) is 0 Å². The van der Waals surface area contributed by atoms with Crippen LogP contribution in [0.4, 0.5) is 0 Å². The van der Waals surface area contributed by atoms with Crippen molar-refractivity contribution in [3.8, 4) is 0 Å². The van der Waals surface area contributed by atoms with E-state index in [1.54, 1.807) is 13.0 Å². The molecule has 0 aromatic rings. The molecule has 0 unspecified atom stereocenters. The quantitative estimate of drug-likeness (QED) is 0.540. The first-order valence-electron chi connectivity index (χ1n) is 4.44. The van der Waals surface area contributed by atoms with Gasteiger partial charge in [0.05, 0.1) is 0 Å². The molecule has 0 amide bonds. The van der Waals surface area contributed by atoms with Crippen LogP contribution in [0.1, 0.15) is 20.8 Å². The molecule has 0 rings (SSSR count). The molecule has 0 aromatic carbocycles. The van der Waals surface area contributed by atoms with Gasteiger partial charge in [-0.05, 0) is 0 Å². The monoisotopic (exact) mass is 225 g/mol. The van der Waals surface area contributed by atoms with Crippen molar-refractivity contribution in [2.24, 2.45) is 0 Å². The Morgan fingerprint density at radius 2 is 1.92 bits per heavy atom. The standard InChI is InChI=1S/C7H13NO.2CH3.Ga/c1-4-8-6(2)5-7(3)9;;;/h5H,4H2,1-3H3,(H,8,9);2*1H3;/q;;;+1/p-1. The van der Waals surface area contributed by atoms with Crippen LogP contribution >= 0.6 is 0 Å². The molecule has 0 N–H and O–H groups in total. The summed E-state index contributed by atoms with van der Waals surface area (Å²) in [5, 5.41) is 0. The van der Waals surface area contributed by atoms with Gasteiger partial charge in [-0.1, -0.05) is 0 Å². The molecule has 0 bridgehead atoms. The van der Waals surface area contributed by atoms with Gasteiger partial charge in [-0.3, -0.25) is 0 Å². The van der Waals surface area contributed by atoms with Crippen molar-refractivity contribution in [3.63, 3.8) is 0 Å². The molecule has 0 radical (unpaired) electrons. The molecular formula is C9H18GaNO. The molecule has 0 fully saturated rings. The van der Waals surface area contributed by atoms with E-state index in [1.165, 1.54) is 0 Å². The summed E-state index contributed by atoms with van der Waals surface area (Å²) in [6, 6.07) is 0. The number of hydrogen-bond acceptors (Lipinski definition) is 2. The topological polar surface area (TPSA) is 20.3 Å². The number of hydrogen-bond donors (Lipinski definition) is 0. The first kappa shape index (κ1) is 11.8. The van der Waals surface area contributed by atoms with Crippen LogP contribution < -0.4 is 0 Å². The Kier molecular flexibility index (Phi) is 5.41. The maximum absolute atomic E-state index is 10.8. The molecule has 0 heterocycles. The Labute approximate surface area is 80.9 Å². The summed E-state index contributed by atoms with van der Waals surface area (Å²) in [5.74, 6) is 0.147. The average molecular weight is 226 g/mol. The number of nitrogens with zero attached hydrogens (tertiary/aromatic N) is 1. The van der Waals surface area contributed by atoms with Crippen LogP contribution in [-0.4, -0.2) is 32.4 Å². The number of allylic oxidation sites excluding steroid dienone is 2. The van der Waals surface area contributed by atoms with E-state index in [-0.39, 0.29) is 5.78 Å². The van der Waals surface area contributed by atoms with Gasteiger partial charge in [0.1, 0.15) is 0 Å². The molecule has 0 aliphatic rings. The van der Waals surface area contributed by atoms with E-state index in [1.807, 2.05) is 6.92 Å². The van der Waals surface area contributed by atoms with Crippen molar-refractivity contribution in [2.75, 3.05) is 6.54 Å². The molecule has 0 aliphatic carbocycles. The van der Waals surface area contributed by atoms with E-state index < -0.39 is 16.5 Å². The van der Waals surface area contributed by atoms with Crippen LogP contribution in [0.25, 0.3) is 0 Å². The number of rotatable bonds is 4. The van der Waals surface area contributed by atoms with Gasteiger partial charge in [-0.15, -0.1) is 0 Å². The van der Waals surface area contributed by atoms with Gasteiger partial charge in [0.15, 0.2) is 0 Å². The summed E-state index contributed by atoms with van der Waals surface area (Å²) < 4.78 is 2.38. The first-order valence-corrected chi connectivity index (χ1v) is 10.4. The molecule has 0 saturated carbocycles. The van der Waals surface area contributed by atoms with E-state index in [0.29, 0.717) is 0 Å². The number of ketones is 1. The summed E-state index contributed by atoms with van der Waals surface area (Å²) in [6.45, 7) is 6.80. The fourth-order valence-electron chi connectivity index (χ4n) is 1.40. The van der Waals surface area contributed by atoms with E-state index in [2.05, 4.69) is 21.5 Å². The van der Waals surface area contributed by atoms with Gasteiger partial charge >= 0.3 is 80.7 Å². The van der Waals surface area contributed by atoms with Crippen molar-refractivity contribution in [2.45, 2.75) is 31.7 Å². The second-order valence-corrected chi connectivity index (χ2v) is 9.17. The van der Waals surface area contributed by atoms with Crippen LogP contribution in [-0.2, 0) is 4.79 Å². The molecule has 0 spiro atoms. The molecule has 0 atom stereocenters. The van der Waals surface area contributed by atoms with Gasteiger partial charge in [0.25, 0.3) is 0 Å². The van der Waals surface area contributed by atoms with Crippen molar-refractivity contribution in [1.82, 2.24) is 3.61 Å². The van der Waals surface area contributed by atoms with Gasteiger partial charge in [0, 0.05) is 0 Å². The second-order valence-electron chi connectivity index (χ2n) is 3.28. The van der Waals surface area contributed by atoms with Gasteiger partial charge in [-0.2, -0.15) is 0 Å². The Morgan fingerprint density at radius 1 is 1.42 bits per heavy atom. The molecule has 12 heavy (non-hydrogen) atoms. The summed E-state index contributed by atoms with van der Waals surface area (Å²) in [7, 11) is 0. The molecule has 3 heteroatoms. The van der Waals surface area contributed by atoms with Gasteiger partial charge in [-0.25, -0.2) is 0 Å². The number of carbonyl (C=O) groups is 1. The van der Waals surface area contributed by atoms with Crippen LogP contribution in [0.3, 0.4) is 0 Å². The second kappa shape index (κ2) is 5.48. The van der Waals surface area contributed by atoms with Crippen molar-refractivity contribution >= 4 is 22.2 Å². The van der Waals surface area contributed by atoms with E-state index in [0.717, 1.165) is 12.2 Å². The molecule has 2 nitrogen and oxygen atoms in total. The van der Waals surface area contributed by atoms with Crippen LogP contribution in [0.5, 0.6) is 0 Å². The zero-order valence-corrected chi connectivity index (χ0v) is 11.1. The predicted molar refractivity (Wildman–Crippen MR) is 54.3 cm³/mol. The van der Waals surface area contributed by atoms with Crippen molar-refractivity contribution < 1.29 is 4.79 Å². The maximum atomic E-state index is 10.8. The molecular weight excluding hydrogens is 208 g/mol. The summed E-state index contributed by atoms with van der Waals surface area (Å²) >= 11 is -1.23. The fourth-order valence-corrected chi connectivity index (χ4v) is 4.80. The predicted octanol–water partition coefficient (Wildman–Crippen LogP) is 2.05. The third-order valence-corrected chi connectivity index (χ3v) is 6.07. The summed E-state index contributed by atoms with van der Waals surface area (Å²) in [5.41, 5.74) is 5.77. The SMILES string of the molecule is CC[N](/C(C)=C\C(C)=O)[Ga]([CH3])[CH3]. The normalized spacial score (nSPS) is 11.2. The summed E-state index contributed by atoms with van der Waals surface area (Å²) in [6.07, 6.45) is 1.73. The van der Waals surface area contributed by atoms with Crippen molar-refractivity contribution in [3.05, 3.63) is 11.8 Å². The molecule has 68 valence electrons. The fraction of sp³-hybridized carbons (Fsp3) is 0.667. The van der Waals surface area contributed by atoms with E-state index in [9.17, 15) is 4.79 Å². The molecule has 0 aromatic heterocycles. The van der Waals surface area contributed by atoms with Crippen LogP contribution in [0.15, 0.2) is 11.8 Å². The van der Waals surface area contributed by atoms with Crippen LogP contribution in [0, 0.1) is 0 Å². The zero-order chi connectivity index (χ0) is 9.72. The average Bonchev–Trinajstić information content (AvgIpc) is 1.85. The summed E-state index contributed by atoms with van der Waals surface area (Å²) in [4.78, 5) is 10.8. The Balaban J connectivity index is 4.40. The first-order chi connectivity index (χ1) is 5.49. The minimum atomic E-state index is -1.23. The minimum absolute atomic E-state index is 0.147. The number of carbonyl (C=O) groups excluding carboxylic acids is 1. The Morgan fingerprint density at radius 3 is 2.17 bits per heavy atom. The van der Waals surface area contributed by atoms with Gasteiger partial charge < -0.3 is 0 Å². The van der Waals surface area contributed by atoms with E-state index in [4.69, 9.17) is 0 Å². The third-order valence-electron chi connectivity index (χ3n) is 1.83. The Hall–Kier alpha value is -0.154. The van der Waals surface area contributed by atoms with E-state index >= 15 is 0 Å². The van der Waals surface area contributed by atoms with Gasteiger partial charge in [0.2, 0.25) is 0 Å². The molecule has 0 saturated heterocycles. The molecule has 0 aliphatic heterocycles. The van der Waals surface area contributed by atoms with Crippen LogP contribution in [0.2, 0.25) is 11.0 Å². The Bertz CT molecular complexity index is 187.